The molecule has 0 atom stereocenters. The Labute approximate surface area is 210 Å². The third kappa shape index (κ3) is 8.03. The van der Waals surface area contributed by atoms with Gasteiger partial charge in [-0.1, -0.05) is 23.7 Å². The molecule has 1 aliphatic heterocycles. The highest BCUT2D eigenvalue weighted by Gasteiger charge is 2.17. The van der Waals surface area contributed by atoms with E-state index < -0.39 is 0 Å². The highest BCUT2D eigenvalue weighted by molar-refractivity contribution is 6.32. The van der Waals surface area contributed by atoms with Gasteiger partial charge in [0.25, 0.3) is 5.91 Å². The van der Waals surface area contributed by atoms with Gasteiger partial charge in [-0.15, -0.1) is 0 Å². The number of ether oxygens (including phenoxy) is 2. The van der Waals surface area contributed by atoms with Crippen LogP contribution in [0.25, 0.3) is 0 Å². The lowest BCUT2D eigenvalue weighted by Gasteiger charge is -2.16. The predicted molar refractivity (Wildman–Crippen MR) is 142 cm³/mol. The first kappa shape index (κ1) is 26.6. The van der Waals surface area contributed by atoms with Crippen LogP contribution in [0.1, 0.15) is 54.1 Å². The number of aryl methyl sites for hydroxylation is 1. The number of nitrogens with one attached hydrogen (secondary N) is 1. The topological polar surface area (TPSA) is 89.2 Å². The van der Waals surface area contributed by atoms with Crippen LogP contribution in [-0.2, 0) is 12.8 Å². The lowest BCUT2D eigenvalue weighted by Crippen LogP contribution is -2.37. The van der Waals surface area contributed by atoms with Gasteiger partial charge in [0.15, 0.2) is 5.96 Å². The number of amides is 1. The second-order valence-electron chi connectivity index (χ2n) is 8.76. The van der Waals surface area contributed by atoms with Gasteiger partial charge in [-0.2, -0.15) is 0 Å². The van der Waals surface area contributed by atoms with Gasteiger partial charge in [-0.05, 0) is 88.8 Å². The smallest absolute Gasteiger partial charge is 0.258 e. The lowest BCUT2D eigenvalue weighted by molar-refractivity contribution is 0.0975. The highest BCUT2D eigenvalue weighted by Crippen LogP contribution is 2.26. The fourth-order valence-corrected chi connectivity index (χ4v) is 4.46. The van der Waals surface area contributed by atoms with E-state index in [1.54, 1.807) is 13.2 Å². The number of rotatable bonds is 12. The van der Waals surface area contributed by atoms with Gasteiger partial charge in [0, 0.05) is 17.7 Å². The van der Waals surface area contributed by atoms with Gasteiger partial charge in [-0.25, -0.2) is 0 Å². The molecular formula is C27H37BN4O3. The monoisotopic (exact) mass is 476 g/mol. The molecule has 0 saturated carbocycles. The number of likely N-dealkylation sites (tertiary alicyclic amines) is 1. The summed E-state index contributed by atoms with van der Waals surface area (Å²) in [6, 6.07) is 11.0. The summed E-state index contributed by atoms with van der Waals surface area (Å²) in [5.74, 6) is 1.29. The number of carbonyl (C=O) groups is 1. The Morgan fingerprint density at radius 3 is 2.69 bits per heavy atom. The van der Waals surface area contributed by atoms with Crippen molar-refractivity contribution in [3.63, 3.8) is 0 Å². The molecule has 1 heterocycles. The minimum Gasteiger partial charge on any atom is -0.496 e. The first-order chi connectivity index (χ1) is 17.0. The van der Waals surface area contributed by atoms with Gasteiger partial charge < -0.3 is 20.1 Å². The van der Waals surface area contributed by atoms with Crippen molar-refractivity contribution in [1.82, 2.24) is 10.2 Å². The van der Waals surface area contributed by atoms with Crippen LogP contribution in [0.5, 0.6) is 11.5 Å². The van der Waals surface area contributed by atoms with Crippen LogP contribution in [-0.4, -0.2) is 64.5 Å². The number of hydrogen-bond acceptors (Lipinski definition) is 5. The van der Waals surface area contributed by atoms with Crippen LogP contribution in [0.2, 0.25) is 0 Å². The maximum Gasteiger partial charge on any atom is 0.258 e. The fraction of sp³-hybridized carbons (Fsp3) is 0.481. The number of methoxy groups -OCH3 is 1. The highest BCUT2D eigenvalue weighted by atomic mass is 16.5. The molecular weight excluding hydrogens is 439 g/mol. The third-order valence-corrected chi connectivity index (χ3v) is 6.23. The van der Waals surface area contributed by atoms with E-state index in [4.69, 9.17) is 23.1 Å². The Balaban J connectivity index is 1.64. The number of nitrogens with zero attached hydrogens (tertiary/aromatic N) is 2. The maximum absolute atomic E-state index is 13.1. The van der Waals surface area contributed by atoms with Crippen LogP contribution in [0, 0.1) is 0 Å². The Morgan fingerprint density at radius 2 is 1.94 bits per heavy atom. The van der Waals surface area contributed by atoms with Crippen molar-refractivity contribution < 1.29 is 14.3 Å². The Kier molecular flexibility index (Phi) is 10.5. The number of guanidine groups is 1. The van der Waals surface area contributed by atoms with Crippen LogP contribution in [0.15, 0.2) is 41.4 Å². The SMILES string of the molecule is [B]c1ccc(OC)c(CCc2c(OCC)cccc2C(=O)NC(N)=NCCCCN2CCCC2)c1. The Bertz CT molecular complexity index is 1010. The fourth-order valence-electron chi connectivity index (χ4n) is 4.46. The zero-order valence-corrected chi connectivity index (χ0v) is 21.0. The van der Waals surface area contributed by atoms with Crippen molar-refractivity contribution in [3.05, 3.63) is 53.1 Å². The summed E-state index contributed by atoms with van der Waals surface area (Å²) in [7, 11) is 7.61. The molecule has 0 unspecified atom stereocenters. The van der Waals surface area contributed by atoms with E-state index >= 15 is 0 Å². The zero-order chi connectivity index (χ0) is 25.0. The molecule has 1 fully saturated rings. The molecule has 3 rings (SSSR count). The van der Waals surface area contributed by atoms with Crippen LogP contribution < -0.4 is 26.0 Å². The standard InChI is InChI=1S/C27H37BN4O3/c1-3-35-25-10-8-9-23(22(25)13-11-20-19-21(28)12-14-24(20)34-2)26(33)31-27(29)30-15-4-5-16-32-17-6-7-18-32/h8-10,12,14,19H,3-7,11,13,15-18H2,1-2H3,(H3,29,30,31,33). The van der Waals surface area contributed by atoms with Crippen molar-refractivity contribution in [3.8, 4) is 11.5 Å². The molecule has 0 aromatic heterocycles. The first-order valence-corrected chi connectivity index (χ1v) is 12.5. The summed E-state index contributed by atoms with van der Waals surface area (Å²) in [6.45, 7) is 6.53. The molecule has 35 heavy (non-hydrogen) atoms. The molecule has 1 saturated heterocycles. The number of benzene rings is 2. The summed E-state index contributed by atoms with van der Waals surface area (Å²) in [5.41, 5.74) is 9.00. The number of unbranched alkanes of at least 4 members (excludes halogenated alkanes) is 1. The van der Waals surface area contributed by atoms with Crippen molar-refractivity contribution in [1.29, 1.82) is 0 Å². The minimum absolute atomic E-state index is 0.140. The average molecular weight is 476 g/mol. The third-order valence-electron chi connectivity index (χ3n) is 6.23. The largest absolute Gasteiger partial charge is 0.496 e. The normalized spacial score (nSPS) is 14.2. The van der Waals surface area contributed by atoms with Crippen molar-refractivity contribution in [2.24, 2.45) is 10.7 Å². The molecule has 0 spiro atoms. The van der Waals surface area contributed by atoms with E-state index in [1.807, 2.05) is 37.3 Å². The van der Waals surface area contributed by atoms with Gasteiger partial charge in [-0.3, -0.25) is 15.1 Å². The first-order valence-electron chi connectivity index (χ1n) is 12.5. The van der Waals surface area contributed by atoms with Crippen molar-refractivity contribution in [2.45, 2.75) is 45.4 Å². The summed E-state index contributed by atoms with van der Waals surface area (Å²) in [5, 5.41) is 2.75. The zero-order valence-electron chi connectivity index (χ0n) is 21.0. The number of carbonyl (C=O) groups excluding carboxylic acids is 1. The number of aliphatic imine (C=N–C) groups is 1. The van der Waals surface area contributed by atoms with E-state index in [0.29, 0.717) is 42.8 Å². The van der Waals surface area contributed by atoms with Crippen molar-refractivity contribution >= 4 is 25.2 Å². The Morgan fingerprint density at radius 1 is 1.14 bits per heavy atom. The molecule has 8 heteroatoms. The van der Waals surface area contributed by atoms with Crippen molar-refractivity contribution in [2.75, 3.05) is 39.9 Å². The van der Waals surface area contributed by atoms with Crippen LogP contribution >= 0.6 is 0 Å². The molecule has 2 aromatic carbocycles. The van der Waals surface area contributed by atoms with E-state index in [1.165, 1.54) is 25.9 Å². The van der Waals surface area contributed by atoms with Gasteiger partial charge in [0.2, 0.25) is 0 Å². The molecule has 0 aliphatic carbocycles. The summed E-state index contributed by atoms with van der Waals surface area (Å²) >= 11 is 0. The number of nitrogens with two attached hydrogens (primary N) is 1. The Hall–Kier alpha value is -3.00. The second-order valence-corrected chi connectivity index (χ2v) is 8.76. The van der Waals surface area contributed by atoms with E-state index in [9.17, 15) is 4.79 Å². The van der Waals surface area contributed by atoms with Gasteiger partial charge in [0.05, 0.1) is 13.7 Å². The average Bonchev–Trinajstić information content (AvgIpc) is 3.36. The van der Waals surface area contributed by atoms with E-state index in [0.717, 1.165) is 36.3 Å². The molecule has 0 bridgehead atoms. The van der Waals surface area contributed by atoms with Gasteiger partial charge in [0.1, 0.15) is 19.3 Å². The minimum atomic E-state index is -0.292. The molecule has 1 amide bonds. The van der Waals surface area contributed by atoms with Crippen LogP contribution in [0.4, 0.5) is 0 Å². The summed E-state index contributed by atoms with van der Waals surface area (Å²) < 4.78 is 11.3. The molecule has 1 aliphatic rings. The van der Waals surface area contributed by atoms with E-state index in [-0.39, 0.29) is 11.9 Å². The molecule has 2 aromatic rings. The van der Waals surface area contributed by atoms with Crippen LogP contribution in [0.3, 0.4) is 0 Å². The molecule has 7 nitrogen and oxygen atoms in total. The maximum atomic E-state index is 13.1. The molecule has 2 radical (unpaired) electrons. The van der Waals surface area contributed by atoms with Gasteiger partial charge >= 0.3 is 0 Å². The lowest BCUT2D eigenvalue weighted by atomic mass is 9.91. The van der Waals surface area contributed by atoms with E-state index in [2.05, 4.69) is 15.2 Å². The molecule has 3 N–H and O–H groups in total. The summed E-state index contributed by atoms with van der Waals surface area (Å²) in [4.78, 5) is 19.9. The number of hydrogen-bond donors (Lipinski definition) is 2. The summed E-state index contributed by atoms with van der Waals surface area (Å²) in [6.07, 6.45) is 5.84. The molecule has 186 valence electrons. The second kappa shape index (κ2) is 13.8. The predicted octanol–water partition coefficient (Wildman–Crippen LogP) is 2.59. The quantitative estimate of drug-likeness (QED) is 0.213.